The van der Waals surface area contributed by atoms with E-state index < -0.39 is 35.1 Å². The highest BCUT2D eigenvalue weighted by atomic mass is 19.1. The van der Waals surface area contributed by atoms with E-state index in [1.54, 1.807) is 38.7 Å². The number of nitrogens with one attached hydrogen (secondary N) is 1. The molecule has 0 spiro atoms. The van der Waals surface area contributed by atoms with E-state index >= 15 is 4.39 Å². The monoisotopic (exact) mass is 520 g/mol. The molecule has 3 heterocycles. The van der Waals surface area contributed by atoms with Gasteiger partial charge in [-0.25, -0.2) is 14.0 Å². The molecule has 11 heteroatoms. The molecule has 2 atom stereocenters. The van der Waals surface area contributed by atoms with Crippen molar-refractivity contribution in [2.24, 2.45) is 0 Å². The average molecular weight is 521 g/mol. The van der Waals surface area contributed by atoms with E-state index in [-0.39, 0.29) is 30.1 Å². The van der Waals surface area contributed by atoms with Gasteiger partial charge in [0, 0.05) is 43.9 Å². The number of amides is 3. The molecular weight excluding hydrogens is 483 g/mol. The Morgan fingerprint density at radius 1 is 1.08 bits per heavy atom. The summed E-state index contributed by atoms with van der Waals surface area (Å²) in [5, 5.41) is 2.62. The number of carbonyl (C=O) groups excluding carboxylic acids is 3. The number of halogens is 1. The summed E-state index contributed by atoms with van der Waals surface area (Å²) in [6, 6.07) is 0.668. The van der Waals surface area contributed by atoms with Gasteiger partial charge in [0.05, 0.1) is 12.3 Å². The molecule has 0 bridgehead atoms. The molecule has 4 rings (SSSR count). The smallest absolute Gasteiger partial charge is 0.415 e. The number of anilines is 2. The second-order valence-electron chi connectivity index (χ2n) is 11.8. The van der Waals surface area contributed by atoms with Gasteiger partial charge in [0.1, 0.15) is 28.7 Å². The van der Waals surface area contributed by atoms with Crippen LogP contribution in [0.4, 0.5) is 25.4 Å². The van der Waals surface area contributed by atoms with E-state index in [1.165, 1.54) is 4.90 Å². The van der Waals surface area contributed by atoms with Crippen molar-refractivity contribution in [2.45, 2.75) is 84.7 Å². The van der Waals surface area contributed by atoms with Gasteiger partial charge in [-0.3, -0.25) is 14.6 Å². The standard InChI is InChI=1S/C26H37FN4O6/c1-15-22(32)28-21-18(31(15)24(34)37-26(5,6)7)12-19-17(20(21)27)14-29-9-10-30(13-16(29)8-11-35-19)23(33)36-25(2,3)4/h12,15-16H,8-11,13-14H2,1-7H3,(H,28,32)/t15?,16-/m1/s1. The third-order valence-electron chi connectivity index (χ3n) is 6.50. The highest BCUT2D eigenvalue weighted by Gasteiger charge is 2.41. The zero-order valence-corrected chi connectivity index (χ0v) is 22.6. The molecule has 10 nitrogen and oxygen atoms in total. The quantitative estimate of drug-likeness (QED) is 0.549. The molecule has 204 valence electrons. The number of carbonyl (C=O) groups is 3. The molecule has 0 aromatic heterocycles. The Labute approximate surface area is 217 Å². The van der Waals surface area contributed by atoms with Crippen LogP contribution in [0.1, 0.15) is 60.5 Å². The first-order valence-electron chi connectivity index (χ1n) is 12.7. The fourth-order valence-corrected chi connectivity index (χ4v) is 4.74. The lowest BCUT2D eigenvalue weighted by Gasteiger charge is -2.43. The molecule has 0 radical (unpaired) electrons. The highest BCUT2D eigenvalue weighted by Crippen LogP contribution is 2.42. The molecule has 1 fully saturated rings. The number of ether oxygens (including phenoxy) is 3. The van der Waals surface area contributed by atoms with E-state index in [0.717, 1.165) is 0 Å². The van der Waals surface area contributed by atoms with E-state index in [9.17, 15) is 14.4 Å². The molecule has 37 heavy (non-hydrogen) atoms. The maximum absolute atomic E-state index is 16.0. The molecule has 3 aliphatic rings. The minimum Gasteiger partial charge on any atom is -0.493 e. The maximum Gasteiger partial charge on any atom is 0.415 e. The van der Waals surface area contributed by atoms with Gasteiger partial charge in [0.2, 0.25) is 5.91 Å². The second-order valence-corrected chi connectivity index (χ2v) is 11.8. The Hall–Kier alpha value is -3.08. The summed E-state index contributed by atoms with van der Waals surface area (Å²) >= 11 is 0. The van der Waals surface area contributed by atoms with E-state index in [0.29, 0.717) is 44.0 Å². The number of benzene rings is 1. The molecule has 3 aliphatic heterocycles. The zero-order valence-electron chi connectivity index (χ0n) is 22.6. The van der Waals surface area contributed by atoms with Crippen molar-refractivity contribution in [3.63, 3.8) is 0 Å². The van der Waals surface area contributed by atoms with Gasteiger partial charge >= 0.3 is 12.2 Å². The summed E-state index contributed by atoms with van der Waals surface area (Å²) in [6.45, 7) is 14.2. The van der Waals surface area contributed by atoms with Crippen LogP contribution in [0.25, 0.3) is 0 Å². The number of rotatable bonds is 0. The fourth-order valence-electron chi connectivity index (χ4n) is 4.74. The minimum absolute atomic E-state index is 0.0438. The van der Waals surface area contributed by atoms with E-state index in [2.05, 4.69) is 10.2 Å². The van der Waals surface area contributed by atoms with Gasteiger partial charge in [-0.1, -0.05) is 0 Å². The predicted molar refractivity (Wildman–Crippen MR) is 135 cm³/mol. The van der Waals surface area contributed by atoms with Crippen LogP contribution in [0.15, 0.2) is 6.07 Å². The van der Waals surface area contributed by atoms with Crippen LogP contribution in [-0.2, 0) is 20.8 Å². The lowest BCUT2D eigenvalue weighted by atomic mass is 10.0. The van der Waals surface area contributed by atoms with Crippen molar-refractivity contribution in [2.75, 3.05) is 36.5 Å². The Kier molecular flexibility index (Phi) is 7.04. The Bertz CT molecular complexity index is 1100. The zero-order chi connectivity index (χ0) is 27.3. The maximum atomic E-state index is 16.0. The number of nitrogens with zero attached hydrogens (tertiary/aromatic N) is 3. The predicted octanol–water partition coefficient (Wildman–Crippen LogP) is 4.11. The number of hydrogen-bond donors (Lipinski definition) is 1. The average Bonchev–Trinajstić information content (AvgIpc) is 2.74. The first-order chi connectivity index (χ1) is 17.1. The van der Waals surface area contributed by atoms with Gasteiger partial charge in [-0.2, -0.15) is 0 Å². The molecule has 0 saturated carbocycles. The summed E-state index contributed by atoms with van der Waals surface area (Å²) in [7, 11) is 0. The Morgan fingerprint density at radius 2 is 1.73 bits per heavy atom. The van der Waals surface area contributed by atoms with Crippen LogP contribution in [-0.4, -0.2) is 77.4 Å². The first-order valence-corrected chi connectivity index (χ1v) is 12.7. The van der Waals surface area contributed by atoms with Crippen LogP contribution in [0.2, 0.25) is 0 Å². The molecule has 3 amide bonds. The summed E-state index contributed by atoms with van der Waals surface area (Å²) in [5.74, 6) is -0.828. The first kappa shape index (κ1) is 27.0. The lowest BCUT2D eigenvalue weighted by molar-refractivity contribution is -0.117. The summed E-state index contributed by atoms with van der Waals surface area (Å²) in [4.78, 5) is 43.3. The summed E-state index contributed by atoms with van der Waals surface area (Å²) < 4.78 is 33.0. The highest BCUT2D eigenvalue weighted by molar-refractivity contribution is 6.10. The van der Waals surface area contributed by atoms with Crippen LogP contribution < -0.4 is 15.0 Å². The van der Waals surface area contributed by atoms with Gasteiger partial charge in [0.25, 0.3) is 0 Å². The van der Waals surface area contributed by atoms with Crippen LogP contribution in [0, 0.1) is 5.82 Å². The third-order valence-corrected chi connectivity index (χ3v) is 6.50. The van der Waals surface area contributed by atoms with Crippen LogP contribution in [0.3, 0.4) is 0 Å². The van der Waals surface area contributed by atoms with Crippen molar-refractivity contribution < 1.29 is 33.0 Å². The minimum atomic E-state index is -0.890. The van der Waals surface area contributed by atoms with E-state index in [4.69, 9.17) is 14.2 Å². The van der Waals surface area contributed by atoms with Gasteiger partial charge < -0.3 is 24.4 Å². The topological polar surface area (TPSA) is 101 Å². The van der Waals surface area contributed by atoms with Crippen molar-refractivity contribution >= 4 is 29.5 Å². The van der Waals surface area contributed by atoms with Crippen molar-refractivity contribution in [3.05, 3.63) is 17.4 Å². The molecule has 1 unspecified atom stereocenters. The lowest BCUT2D eigenvalue weighted by Crippen LogP contribution is -2.56. The summed E-state index contributed by atoms with van der Waals surface area (Å²) in [5.41, 5.74) is -0.951. The molecule has 1 saturated heterocycles. The number of fused-ring (bicyclic) bond motifs is 3. The molecule has 0 aliphatic carbocycles. The van der Waals surface area contributed by atoms with Gasteiger partial charge in [-0.15, -0.1) is 0 Å². The Morgan fingerprint density at radius 3 is 2.38 bits per heavy atom. The van der Waals surface area contributed by atoms with Crippen molar-refractivity contribution in [1.82, 2.24) is 9.80 Å². The Balaban J connectivity index is 1.62. The van der Waals surface area contributed by atoms with E-state index in [1.807, 2.05) is 20.8 Å². The number of hydrogen-bond acceptors (Lipinski definition) is 7. The van der Waals surface area contributed by atoms with Crippen molar-refractivity contribution in [3.8, 4) is 5.75 Å². The fraction of sp³-hybridized carbons (Fsp3) is 0.654. The summed E-state index contributed by atoms with van der Waals surface area (Å²) in [6.07, 6.45) is -0.477. The SMILES string of the molecule is CC1C(=O)Nc2c(cc3c(c2F)CN2CCN(C(=O)OC(C)(C)C)C[C@H]2CCO3)N1C(=O)OC(C)(C)C. The van der Waals surface area contributed by atoms with Crippen LogP contribution >= 0.6 is 0 Å². The van der Waals surface area contributed by atoms with Gasteiger partial charge in [-0.05, 0) is 54.9 Å². The normalized spacial score (nSPS) is 22.4. The molecular formula is C26H37FN4O6. The van der Waals surface area contributed by atoms with Gasteiger partial charge in [0.15, 0.2) is 5.82 Å². The largest absolute Gasteiger partial charge is 0.493 e. The van der Waals surface area contributed by atoms with Crippen LogP contribution in [0.5, 0.6) is 5.75 Å². The molecule has 1 aromatic rings. The third kappa shape index (κ3) is 5.76. The molecule has 1 N–H and O–H groups in total. The number of piperazine rings is 1. The molecule has 1 aromatic carbocycles. The van der Waals surface area contributed by atoms with Crippen molar-refractivity contribution in [1.29, 1.82) is 0 Å². The second kappa shape index (κ2) is 9.66.